The Labute approximate surface area is 151 Å². The number of rotatable bonds is 3. The third-order valence-corrected chi connectivity index (χ3v) is 5.02. The Bertz CT molecular complexity index is 882. The van der Waals surface area contributed by atoms with Gasteiger partial charge in [0.25, 0.3) is 0 Å². The van der Waals surface area contributed by atoms with Crippen LogP contribution in [0.2, 0.25) is 10.2 Å². The third kappa shape index (κ3) is 3.38. The number of hydrogen-bond donors (Lipinski definition) is 0. The van der Waals surface area contributed by atoms with E-state index >= 15 is 0 Å². The normalized spacial score (nSPS) is 10.9. The Hall–Kier alpha value is -1.69. The largest absolute Gasteiger partial charge is 0.206 e. The molecule has 0 aliphatic carbocycles. The molecule has 0 N–H and O–H groups in total. The van der Waals surface area contributed by atoms with E-state index in [1.807, 2.05) is 12.1 Å². The average molecular weight is 383 g/mol. The lowest BCUT2D eigenvalue weighted by Crippen LogP contribution is -1.99. The summed E-state index contributed by atoms with van der Waals surface area (Å²) in [6.45, 7) is 1.71. The molecule has 3 aromatic rings. The van der Waals surface area contributed by atoms with Crippen molar-refractivity contribution in [3.63, 3.8) is 0 Å². The maximum absolute atomic E-state index is 14.2. The van der Waals surface area contributed by atoms with Crippen LogP contribution in [-0.4, -0.2) is 10.2 Å². The Kier molecular flexibility index (Phi) is 5.04. The summed E-state index contributed by atoms with van der Waals surface area (Å²) in [5.41, 5.74) is 0.508. The molecule has 0 atom stereocenters. The second-order valence-electron chi connectivity index (χ2n) is 4.93. The van der Waals surface area contributed by atoms with Gasteiger partial charge in [0.05, 0.1) is 11.3 Å². The van der Waals surface area contributed by atoms with Crippen LogP contribution in [0.4, 0.5) is 8.78 Å². The number of aromatic nitrogens is 2. The minimum absolute atomic E-state index is 0.0546. The van der Waals surface area contributed by atoms with Gasteiger partial charge in [-0.25, -0.2) is 8.78 Å². The highest BCUT2D eigenvalue weighted by Crippen LogP contribution is 2.42. The number of hydrogen-bond acceptors (Lipinski definition) is 3. The lowest BCUT2D eigenvalue weighted by atomic mass is 10.1. The van der Waals surface area contributed by atoms with E-state index in [1.54, 1.807) is 19.1 Å². The van der Waals surface area contributed by atoms with E-state index in [4.69, 9.17) is 23.2 Å². The molecule has 7 heteroatoms. The highest BCUT2D eigenvalue weighted by atomic mass is 35.5. The first-order chi connectivity index (χ1) is 11.5. The van der Waals surface area contributed by atoms with Gasteiger partial charge < -0.3 is 0 Å². The van der Waals surface area contributed by atoms with Crippen LogP contribution in [0, 0.1) is 18.6 Å². The molecule has 0 bridgehead atoms. The van der Waals surface area contributed by atoms with E-state index in [-0.39, 0.29) is 16.3 Å². The third-order valence-electron chi connectivity index (χ3n) is 3.30. The fraction of sp³-hybridized carbons (Fsp3) is 0.0588. The van der Waals surface area contributed by atoms with E-state index in [9.17, 15) is 8.78 Å². The molecule has 0 saturated carbocycles. The van der Waals surface area contributed by atoms with Crippen LogP contribution in [0.15, 0.2) is 52.3 Å². The van der Waals surface area contributed by atoms with Crippen molar-refractivity contribution in [2.24, 2.45) is 0 Å². The van der Waals surface area contributed by atoms with Crippen molar-refractivity contribution in [3.8, 4) is 11.1 Å². The second kappa shape index (κ2) is 7.05. The zero-order chi connectivity index (χ0) is 17.3. The Balaban J connectivity index is 2.19. The highest BCUT2D eigenvalue weighted by molar-refractivity contribution is 7.99. The van der Waals surface area contributed by atoms with Crippen LogP contribution in [-0.2, 0) is 0 Å². The summed E-state index contributed by atoms with van der Waals surface area (Å²) in [6, 6.07) is 10.8. The predicted molar refractivity (Wildman–Crippen MR) is 92.7 cm³/mol. The molecule has 1 aromatic heterocycles. The van der Waals surface area contributed by atoms with Gasteiger partial charge in [0.2, 0.25) is 0 Å². The maximum atomic E-state index is 14.2. The van der Waals surface area contributed by atoms with Gasteiger partial charge in [0.1, 0.15) is 11.6 Å². The van der Waals surface area contributed by atoms with Crippen molar-refractivity contribution in [2.75, 3.05) is 0 Å². The van der Waals surface area contributed by atoms with Gasteiger partial charge in [0, 0.05) is 20.4 Å². The number of aryl methyl sites for hydroxylation is 1. The summed E-state index contributed by atoms with van der Waals surface area (Å²) in [6.07, 6.45) is 0. The van der Waals surface area contributed by atoms with Crippen LogP contribution in [0.1, 0.15) is 5.69 Å². The Morgan fingerprint density at radius 2 is 1.50 bits per heavy atom. The summed E-state index contributed by atoms with van der Waals surface area (Å²) in [4.78, 5) is 1.38. The molecule has 0 unspecified atom stereocenters. The van der Waals surface area contributed by atoms with Crippen molar-refractivity contribution < 1.29 is 8.78 Å². The summed E-state index contributed by atoms with van der Waals surface area (Å²) >= 11 is 13.3. The molecule has 2 aromatic carbocycles. The van der Waals surface area contributed by atoms with Crippen LogP contribution in [0.5, 0.6) is 0 Å². The molecule has 0 amide bonds. The molecule has 0 aliphatic heterocycles. The van der Waals surface area contributed by atoms with Crippen molar-refractivity contribution in [1.82, 2.24) is 10.2 Å². The molecule has 0 saturated heterocycles. The van der Waals surface area contributed by atoms with E-state index in [2.05, 4.69) is 10.2 Å². The first-order valence-corrected chi connectivity index (χ1v) is 8.45. The van der Waals surface area contributed by atoms with Crippen LogP contribution < -0.4 is 0 Å². The first-order valence-electron chi connectivity index (χ1n) is 6.88. The minimum atomic E-state index is -0.706. The van der Waals surface area contributed by atoms with E-state index in [0.717, 1.165) is 4.90 Å². The molecule has 1 heterocycles. The first kappa shape index (κ1) is 17.1. The molecule has 122 valence electrons. The number of nitrogens with zero attached hydrogens (tertiary/aromatic N) is 2. The van der Waals surface area contributed by atoms with Crippen molar-refractivity contribution >= 4 is 35.0 Å². The lowest BCUT2D eigenvalue weighted by Gasteiger charge is -2.14. The van der Waals surface area contributed by atoms with Gasteiger partial charge in [0.15, 0.2) is 5.15 Å². The molecule has 0 aliphatic rings. The Morgan fingerprint density at radius 1 is 0.875 bits per heavy atom. The average Bonchev–Trinajstić information content (AvgIpc) is 2.55. The standard InChI is InChI=1S/C17H10Cl2F2N2S/c1-9-16(24-11-7-5-10(18)6-8-11)15(17(19)23-22-9)14-12(20)3-2-4-13(14)21/h2-8H,1H3. The second-order valence-corrected chi connectivity index (χ2v) is 6.81. The van der Waals surface area contributed by atoms with Gasteiger partial charge >= 0.3 is 0 Å². The molecule has 2 nitrogen and oxygen atoms in total. The quantitative estimate of drug-likeness (QED) is 0.540. The fourth-order valence-corrected chi connectivity index (χ4v) is 3.59. The van der Waals surface area contributed by atoms with E-state index in [0.29, 0.717) is 15.6 Å². The Morgan fingerprint density at radius 3 is 2.12 bits per heavy atom. The van der Waals surface area contributed by atoms with Gasteiger partial charge in [-0.05, 0) is 43.3 Å². The zero-order valence-electron chi connectivity index (χ0n) is 12.4. The van der Waals surface area contributed by atoms with Gasteiger partial charge in [-0.15, -0.1) is 5.10 Å². The van der Waals surface area contributed by atoms with Crippen molar-refractivity contribution in [2.45, 2.75) is 16.7 Å². The smallest absolute Gasteiger partial charge is 0.160 e. The highest BCUT2D eigenvalue weighted by Gasteiger charge is 2.22. The molecule has 24 heavy (non-hydrogen) atoms. The number of halogens is 4. The molecule has 0 fully saturated rings. The molecular formula is C17H10Cl2F2N2S. The van der Waals surface area contributed by atoms with Crippen LogP contribution >= 0.6 is 35.0 Å². The zero-order valence-corrected chi connectivity index (χ0v) is 14.7. The summed E-state index contributed by atoms with van der Waals surface area (Å²) in [5, 5.41) is 8.31. The molecule has 0 radical (unpaired) electrons. The van der Waals surface area contributed by atoms with Gasteiger partial charge in [-0.3, -0.25) is 0 Å². The van der Waals surface area contributed by atoms with Crippen LogP contribution in [0.25, 0.3) is 11.1 Å². The lowest BCUT2D eigenvalue weighted by molar-refractivity contribution is 0.588. The summed E-state index contributed by atoms with van der Waals surface area (Å²) < 4.78 is 28.5. The minimum Gasteiger partial charge on any atom is -0.206 e. The molecule has 3 rings (SSSR count). The van der Waals surface area contributed by atoms with Crippen molar-refractivity contribution in [3.05, 3.63) is 70.0 Å². The fourth-order valence-electron chi connectivity index (χ4n) is 2.19. The predicted octanol–water partition coefficient (Wildman–Crippen LogP) is 6.19. The van der Waals surface area contributed by atoms with E-state index in [1.165, 1.54) is 30.0 Å². The van der Waals surface area contributed by atoms with Gasteiger partial charge in [-0.1, -0.05) is 41.0 Å². The van der Waals surface area contributed by atoms with Gasteiger partial charge in [-0.2, -0.15) is 5.10 Å². The monoisotopic (exact) mass is 382 g/mol. The van der Waals surface area contributed by atoms with Crippen molar-refractivity contribution in [1.29, 1.82) is 0 Å². The summed E-state index contributed by atoms with van der Waals surface area (Å²) in [7, 11) is 0. The van der Waals surface area contributed by atoms with Crippen LogP contribution in [0.3, 0.4) is 0 Å². The topological polar surface area (TPSA) is 25.8 Å². The van der Waals surface area contributed by atoms with E-state index < -0.39 is 11.6 Å². The maximum Gasteiger partial charge on any atom is 0.160 e. The molecular weight excluding hydrogens is 373 g/mol. The summed E-state index contributed by atoms with van der Waals surface area (Å²) in [5.74, 6) is -1.41. The number of benzene rings is 2. The molecule has 0 spiro atoms. The SMILES string of the molecule is Cc1nnc(Cl)c(-c2c(F)cccc2F)c1Sc1ccc(Cl)cc1.